The molecule has 1 fully saturated rings. The Labute approximate surface area is 163 Å². The maximum atomic E-state index is 13.0. The molecule has 3 aromatic rings. The summed E-state index contributed by atoms with van der Waals surface area (Å²) < 4.78 is 11.4. The largest absolute Gasteiger partial charge is 0.365 e. The first-order valence-corrected chi connectivity index (χ1v) is 9.51. The summed E-state index contributed by atoms with van der Waals surface area (Å²) in [5.74, 6) is 0.522. The lowest BCUT2D eigenvalue weighted by atomic mass is 9.93. The SMILES string of the molecule is Cc1n[nH]c(C)c1CNC(=O)[C@@]1(Cc2cc(-c3ccccc3)no2)CCCO1. The number of aryl methyl sites for hydroxylation is 2. The average molecular weight is 380 g/mol. The van der Waals surface area contributed by atoms with Crippen LogP contribution in [0.4, 0.5) is 0 Å². The zero-order valence-corrected chi connectivity index (χ0v) is 16.1. The van der Waals surface area contributed by atoms with Crippen LogP contribution >= 0.6 is 0 Å². The second kappa shape index (κ2) is 7.59. The van der Waals surface area contributed by atoms with Crippen LogP contribution in [0.2, 0.25) is 0 Å². The molecule has 7 nitrogen and oxygen atoms in total. The summed E-state index contributed by atoms with van der Waals surface area (Å²) in [6, 6.07) is 11.7. The third-order valence-electron chi connectivity index (χ3n) is 5.31. The molecule has 3 heterocycles. The number of H-pyrrole nitrogens is 1. The van der Waals surface area contributed by atoms with Crippen LogP contribution in [-0.4, -0.2) is 33.5 Å². The van der Waals surface area contributed by atoms with Crippen LogP contribution in [0.3, 0.4) is 0 Å². The van der Waals surface area contributed by atoms with E-state index in [1.54, 1.807) is 0 Å². The Kier molecular flexibility index (Phi) is 5.00. The van der Waals surface area contributed by atoms with E-state index in [0.29, 0.717) is 31.8 Å². The van der Waals surface area contributed by atoms with E-state index < -0.39 is 5.60 Å². The minimum absolute atomic E-state index is 0.123. The molecular weight excluding hydrogens is 356 g/mol. The summed E-state index contributed by atoms with van der Waals surface area (Å²) in [6.45, 7) is 4.86. The van der Waals surface area contributed by atoms with E-state index in [2.05, 4.69) is 20.7 Å². The summed E-state index contributed by atoms with van der Waals surface area (Å²) in [7, 11) is 0. The molecule has 1 amide bonds. The molecule has 1 saturated heterocycles. The molecule has 1 aliphatic rings. The van der Waals surface area contributed by atoms with E-state index >= 15 is 0 Å². The lowest BCUT2D eigenvalue weighted by Crippen LogP contribution is -2.47. The fourth-order valence-electron chi connectivity index (χ4n) is 3.68. The maximum absolute atomic E-state index is 13.0. The number of benzene rings is 1. The summed E-state index contributed by atoms with van der Waals surface area (Å²) >= 11 is 0. The number of rotatable bonds is 6. The van der Waals surface area contributed by atoms with Crippen molar-refractivity contribution >= 4 is 5.91 Å². The third-order valence-corrected chi connectivity index (χ3v) is 5.31. The van der Waals surface area contributed by atoms with Crippen LogP contribution in [0.1, 0.15) is 35.6 Å². The van der Waals surface area contributed by atoms with E-state index in [1.807, 2.05) is 50.2 Å². The first-order valence-electron chi connectivity index (χ1n) is 9.51. The highest BCUT2D eigenvalue weighted by molar-refractivity contribution is 5.85. The number of amides is 1. The van der Waals surface area contributed by atoms with Gasteiger partial charge in [0.1, 0.15) is 11.5 Å². The molecular formula is C21H24N4O3. The first kappa shape index (κ1) is 18.4. The van der Waals surface area contributed by atoms with Gasteiger partial charge in [-0.25, -0.2) is 0 Å². The number of nitrogens with one attached hydrogen (secondary N) is 2. The minimum atomic E-state index is -0.918. The van der Waals surface area contributed by atoms with Gasteiger partial charge in [0, 0.05) is 42.5 Å². The molecule has 0 saturated carbocycles. The molecule has 1 aliphatic heterocycles. The van der Waals surface area contributed by atoms with Crippen LogP contribution in [0.15, 0.2) is 40.9 Å². The van der Waals surface area contributed by atoms with Gasteiger partial charge in [-0.2, -0.15) is 5.10 Å². The summed E-state index contributed by atoms with van der Waals surface area (Å²) in [5, 5.41) is 14.3. The summed E-state index contributed by atoms with van der Waals surface area (Å²) in [4.78, 5) is 13.0. The quantitative estimate of drug-likeness (QED) is 0.685. The van der Waals surface area contributed by atoms with Crippen LogP contribution in [0.5, 0.6) is 0 Å². The van der Waals surface area contributed by atoms with Crippen molar-refractivity contribution in [3.63, 3.8) is 0 Å². The van der Waals surface area contributed by atoms with Gasteiger partial charge in [-0.1, -0.05) is 35.5 Å². The molecule has 0 aliphatic carbocycles. The Balaban J connectivity index is 1.49. The van der Waals surface area contributed by atoms with E-state index in [1.165, 1.54) is 0 Å². The predicted octanol–water partition coefficient (Wildman–Crippen LogP) is 3.09. The Hall–Kier alpha value is -2.93. The number of nitrogens with zero attached hydrogens (tertiary/aromatic N) is 2. The topological polar surface area (TPSA) is 93.0 Å². The lowest BCUT2D eigenvalue weighted by molar-refractivity contribution is -0.142. The molecule has 1 atom stereocenters. The van der Waals surface area contributed by atoms with Gasteiger partial charge in [0.15, 0.2) is 5.60 Å². The molecule has 0 bridgehead atoms. The molecule has 0 spiro atoms. The Bertz CT molecular complexity index is 936. The fraction of sp³-hybridized carbons (Fsp3) is 0.381. The van der Waals surface area contributed by atoms with Crippen LogP contribution < -0.4 is 5.32 Å². The lowest BCUT2D eigenvalue weighted by Gasteiger charge is -2.26. The number of carbonyl (C=O) groups excluding carboxylic acids is 1. The molecule has 1 aromatic carbocycles. The van der Waals surface area contributed by atoms with E-state index in [0.717, 1.165) is 34.6 Å². The first-order chi connectivity index (χ1) is 13.6. The van der Waals surface area contributed by atoms with Gasteiger partial charge in [0.05, 0.1) is 5.69 Å². The Morgan fingerprint density at radius 3 is 2.79 bits per heavy atom. The van der Waals surface area contributed by atoms with Crippen LogP contribution in [0.25, 0.3) is 11.3 Å². The van der Waals surface area contributed by atoms with Gasteiger partial charge in [0.25, 0.3) is 5.91 Å². The summed E-state index contributed by atoms with van der Waals surface area (Å²) in [5.41, 5.74) is 3.68. The van der Waals surface area contributed by atoms with Crippen molar-refractivity contribution in [3.05, 3.63) is 59.1 Å². The minimum Gasteiger partial charge on any atom is -0.365 e. The van der Waals surface area contributed by atoms with Crippen molar-refractivity contribution in [2.24, 2.45) is 0 Å². The van der Waals surface area contributed by atoms with Gasteiger partial charge < -0.3 is 14.6 Å². The number of aromatic nitrogens is 3. The molecule has 0 radical (unpaired) electrons. The van der Waals surface area contributed by atoms with E-state index in [4.69, 9.17) is 9.26 Å². The number of ether oxygens (including phenoxy) is 1. The number of carbonyl (C=O) groups is 1. The van der Waals surface area contributed by atoms with Gasteiger partial charge >= 0.3 is 0 Å². The number of aromatic amines is 1. The predicted molar refractivity (Wildman–Crippen MR) is 103 cm³/mol. The van der Waals surface area contributed by atoms with E-state index in [-0.39, 0.29) is 5.91 Å². The number of hydrogen-bond donors (Lipinski definition) is 2. The van der Waals surface area contributed by atoms with Gasteiger partial charge in [-0.05, 0) is 26.7 Å². The van der Waals surface area contributed by atoms with Crippen LogP contribution in [-0.2, 0) is 22.5 Å². The Morgan fingerprint density at radius 1 is 1.29 bits per heavy atom. The molecule has 146 valence electrons. The van der Waals surface area contributed by atoms with E-state index in [9.17, 15) is 4.79 Å². The summed E-state index contributed by atoms with van der Waals surface area (Å²) in [6.07, 6.45) is 1.86. The highest BCUT2D eigenvalue weighted by atomic mass is 16.5. The van der Waals surface area contributed by atoms with Gasteiger partial charge in [0.2, 0.25) is 0 Å². The second-order valence-corrected chi connectivity index (χ2v) is 7.26. The fourth-order valence-corrected chi connectivity index (χ4v) is 3.68. The van der Waals surface area contributed by atoms with Crippen molar-refractivity contribution < 1.29 is 14.1 Å². The standard InChI is InChI=1S/C21H24N4O3/c1-14-18(15(2)24-23-14)13-22-20(26)21(9-6-10-27-21)12-17-11-19(25-28-17)16-7-4-3-5-8-16/h3-5,7-8,11H,6,9-10,12-13H2,1-2H3,(H,22,26)(H,23,24)/t21-/m0/s1. The average Bonchev–Trinajstić information content (AvgIpc) is 3.44. The zero-order chi connectivity index (χ0) is 19.6. The van der Waals surface area contributed by atoms with Crippen molar-refractivity contribution in [1.82, 2.24) is 20.7 Å². The van der Waals surface area contributed by atoms with Crippen molar-refractivity contribution in [2.45, 2.75) is 45.3 Å². The highest BCUT2D eigenvalue weighted by Crippen LogP contribution is 2.31. The Morgan fingerprint density at radius 2 is 2.11 bits per heavy atom. The smallest absolute Gasteiger partial charge is 0.253 e. The molecule has 4 rings (SSSR count). The van der Waals surface area contributed by atoms with Crippen LogP contribution in [0, 0.1) is 13.8 Å². The highest BCUT2D eigenvalue weighted by Gasteiger charge is 2.43. The zero-order valence-electron chi connectivity index (χ0n) is 16.1. The third kappa shape index (κ3) is 3.57. The van der Waals surface area contributed by atoms with Crippen molar-refractivity contribution in [1.29, 1.82) is 0 Å². The van der Waals surface area contributed by atoms with Crippen molar-refractivity contribution in [2.75, 3.05) is 6.61 Å². The molecule has 0 unspecified atom stereocenters. The molecule has 28 heavy (non-hydrogen) atoms. The normalized spacial score (nSPS) is 19.1. The number of hydrogen-bond acceptors (Lipinski definition) is 5. The van der Waals surface area contributed by atoms with Crippen molar-refractivity contribution in [3.8, 4) is 11.3 Å². The maximum Gasteiger partial charge on any atom is 0.253 e. The van der Waals surface area contributed by atoms with Gasteiger partial charge in [-0.15, -0.1) is 0 Å². The molecule has 2 N–H and O–H groups in total. The monoisotopic (exact) mass is 380 g/mol. The molecule has 7 heteroatoms. The van der Waals surface area contributed by atoms with Gasteiger partial charge in [-0.3, -0.25) is 9.89 Å². The molecule has 2 aromatic heterocycles. The second-order valence-electron chi connectivity index (χ2n) is 7.26.